The van der Waals surface area contributed by atoms with Crippen molar-refractivity contribution in [2.24, 2.45) is 0 Å². The number of carbonyl (C=O) groups is 1. The van der Waals surface area contributed by atoms with Crippen molar-refractivity contribution in [2.75, 3.05) is 13.2 Å². The van der Waals surface area contributed by atoms with E-state index in [-0.39, 0.29) is 13.2 Å². The monoisotopic (exact) mass is 222 g/mol. The highest BCUT2D eigenvalue weighted by Crippen LogP contribution is 2.08. The van der Waals surface area contributed by atoms with Gasteiger partial charge < -0.3 is 14.6 Å². The van der Waals surface area contributed by atoms with Crippen LogP contribution in [-0.4, -0.2) is 30.4 Å². The molecule has 1 rings (SSSR count). The van der Waals surface area contributed by atoms with Crippen molar-refractivity contribution in [2.45, 2.75) is 6.10 Å². The molecule has 0 spiro atoms. The zero-order chi connectivity index (χ0) is 11.8. The lowest BCUT2D eigenvalue weighted by atomic mass is 10.3. The molecule has 0 aliphatic carbocycles. The Kier molecular flexibility index (Phi) is 5.08. The van der Waals surface area contributed by atoms with E-state index in [0.717, 1.165) is 6.08 Å². The third-order valence-electron chi connectivity index (χ3n) is 1.77. The molecule has 0 radical (unpaired) electrons. The molecule has 0 heterocycles. The van der Waals surface area contributed by atoms with E-state index in [1.807, 2.05) is 18.2 Å². The van der Waals surface area contributed by atoms with Crippen LogP contribution < -0.4 is 4.74 Å². The number of benzene rings is 1. The Labute approximate surface area is 94.1 Å². The van der Waals surface area contributed by atoms with Gasteiger partial charge >= 0.3 is 5.97 Å². The summed E-state index contributed by atoms with van der Waals surface area (Å²) >= 11 is 0. The third-order valence-corrected chi connectivity index (χ3v) is 1.77. The number of ether oxygens (including phenoxy) is 2. The molecule has 86 valence electrons. The van der Waals surface area contributed by atoms with E-state index >= 15 is 0 Å². The molecule has 0 amide bonds. The molecule has 0 bridgehead atoms. The van der Waals surface area contributed by atoms with Gasteiger partial charge in [0.2, 0.25) is 0 Å². The van der Waals surface area contributed by atoms with Crippen LogP contribution in [0.5, 0.6) is 5.75 Å². The first-order chi connectivity index (χ1) is 7.72. The number of aliphatic hydroxyl groups excluding tert-OH is 1. The second-order valence-electron chi connectivity index (χ2n) is 3.11. The Morgan fingerprint density at radius 1 is 1.38 bits per heavy atom. The molecule has 1 aromatic rings. The van der Waals surface area contributed by atoms with Gasteiger partial charge in [-0.2, -0.15) is 0 Å². The number of aliphatic hydroxyl groups is 1. The Morgan fingerprint density at radius 3 is 2.69 bits per heavy atom. The van der Waals surface area contributed by atoms with Crippen LogP contribution in [-0.2, 0) is 9.53 Å². The van der Waals surface area contributed by atoms with E-state index in [4.69, 9.17) is 4.74 Å². The Hall–Kier alpha value is -1.81. The summed E-state index contributed by atoms with van der Waals surface area (Å²) in [6.07, 6.45) is 0.203. The zero-order valence-electron chi connectivity index (χ0n) is 8.83. The molecule has 0 aliphatic heterocycles. The topological polar surface area (TPSA) is 55.8 Å². The lowest BCUT2D eigenvalue weighted by Gasteiger charge is -2.11. The summed E-state index contributed by atoms with van der Waals surface area (Å²) in [5.41, 5.74) is 0. The Balaban J connectivity index is 2.22. The Bertz CT molecular complexity index is 334. The van der Waals surface area contributed by atoms with E-state index in [9.17, 15) is 9.90 Å². The number of rotatable bonds is 6. The second-order valence-corrected chi connectivity index (χ2v) is 3.11. The molecule has 1 N–H and O–H groups in total. The van der Waals surface area contributed by atoms with Gasteiger partial charge in [-0.15, -0.1) is 0 Å². The third kappa shape index (κ3) is 4.61. The maximum Gasteiger partial charge on any atom is 0.330 e. The molecule has 0 aromatic heterocycles. The number of esters is 1. The van der Waals surface area contributed by atoms with E-state index in [1.165, 1.54) is 0 Å². The Morgan fingerprint density at radius 2 is 2.06 bits per heavy atom. The van der Waals surface area contributed by atoms with Crippen molar-refractivity contribution >= 4 is 5.97 Å². The fourth-order valence-corrected chi connectivity index (χ4v) is 0.995. The second kappa shape index (κ2) is 6.63. The molecule has 1 aromatic carbocycles. The van der Waals surface area contributed by atoms with Crippen LogP contribution in [0.1, 0.15) is 0 Å². The van der Waals surface area contributed by atoms with Crippen molar-refractivity contribution in [3.8, 4) is 5.75 Å². The molecule has 0 unspecified atom stereocenters. The van der Waals surface area contributed by atoms with E-state index < -0.39 is 12.1 Å². The van der Waals surface area contributed by atoms with Crippen molar-refractivity contribution < 1.29 is 19.4 Å². The standard InChI is InChI=1S/C12H14O4/c1-2-12(14)16-9-10(13)8-15-11-6-4-3-5-7-11/h2-7,10,13H,1,8-9H2/t10-/m0/s1. The van der Waals surface area contributed by atoms with Gasteiger partial charge in [0, 0.05) is 6.08 Å². The average molecular weight is 222 g/mol. The van der Waals surface area contributed by atoms with Crippen LogP contribution in [0, 0.1) is 0 Å². The van der Waals surface area contributed by atoms with Gasteiger partial charge in [-0.3, -0.25) is 0 Å². The lowest BCUT2D eigenvalue weighted by molar-refractivity contribution is -0.141. The average Bonchev–Trinajstić information content (AvgIpc) is 2.34. The molecular formula is C12H14O4. The molecule has 0 aliphatic rings. The van der Waals surface area contributed by atoms with Gasteiger partial charge in [0.1, 0.15) is 25.1 Å². The van der Waals surface area contributed by atoms with Crippen LogP contribution >= 0.6 is 0 Å². The largest absolute Gasteiger partial charge is 0.491 e. The van der Waals surface area contributed by atoms with Gasteiger partial charge in [0.15, 0.2) is 0 Å². The maximum atomic E-state index is 10.7. The summed E-state index contributed by atoms with van der Waals surface area (Å²) in [5, 5.41) is 9.42. The van der Waals surface area contributed by atoms with Gasteiger partial charge in [0.25, 0.3) is 0 Å². The summed E-state index contributed by atoms with van der Waals surface area (Å²) in [5.74, 6) is 0.107. The minimum atomic E-state index is -0.843. The molecule has 0 fully saturated rings. The molecule has 0 saturated heterocycles. The molecule has 1 atom stereocenters. The van der Waals surface area contributed by atoms with E-state index in [0.29, 0.717) is 5.75 Å². The highest BCUT2D eigenvalue weighted by atomic mass is 16.5. The number of para-hydroxylation sites is 1. The predicted molar refractivity (Wildman–Crippen MR) is 59.1 cm³/mol. The van der Waals surface area contributed by atoms with Crippen molar-refractivity contribution in [1.82, 2.24) is 0 Å². The number of hydrogen-bond donors (Lipinski definition) is 1. The quantitative estimate of drug-likeness (QED) is 0.579. The molecule has 16 heavy (non-hydrogen) atoms. The SMILES string of the molecule is C=CC(=O)OC[C@@H](O)COc1ccccc1. The van der Waals surface area contributed by atoms with Gasteiger partial charge in [-0.1, -0.05) is 24.8 Å². The van der Waals surface area contributed by atoms with Gasteiger partial charge in [-0.05, 0) is 12.1 Å². The molecule has 0 saturated carbocycles. The van der Waals surface area contributed by atoms with Crippen LogP contribution in [0.15, 0.2) is 43.0 Å². The lowest BCUT2D eigenvalue weighted by Crippen LogP contribution is -2.24. The molecule has 4 heteroatoms. The molecule has 4 nitrogen and oxygen atoms in total. The summed E-state index contributed by atoms with van der Waals surface area (Å²) in [6, 6.07) is 9.10. The normalized spacial score (nSPS) is 11.6. The van der Waals surface area contributed by atoms with Crippen LogP contribution in [0.2, 0.25) is 0 Å². The van der Waals surface area contributed by atoms with Crippen molar-refractivity contribution in [1.29, 1.82) is 0 Å². The van der Waals surface area contributed by atoms with Crippen LogP contribution in [0.4, 0.5) is 0 Å². The zero-order valence-corrected chi connectivity index (χ0v) is 8.83. The van der Waals surface area contributed by atoms with Gasteiger partial charge in [0.05, 0.1) is 0 Å². The van der Waals surface area contributed by atoms with Crippen molar-refractivity contribution in [3.63, 3.8) is 0 Å². The summed E-state index contributed by atoms with van der Waals surface area (Å²) in [6.45, 7) is 3.22. The number of hydrogen-bond acceptors (Lipinski definition) is 4. The summed E-state index contributed by atoms with van der Waals surface area (Å²) < 4.78 is 9.92. The van der Waals surface area contributed by atoms with E-state index in [1.54, 1.807) is 12.1 Å². The minimum absolute atomic E-state index is 0.0778. The van der Waals surface area contributed by atoms with Gasteiger partial charge in [-0.25, -0.2) is 4.79 Å². The highest BCUT2D eigenvalue weighted by molar-refractivity contribution is 5.81. The van der Waals surface area contributed by atoms with Crippen LogP contribution in [0.25, 0.3) is 0 Å². The van der Waals surface area contributed by atoms with Crippen LogP contribution in [0.3, 0.4) is 0 Å². The molecular weight excluding hydrogens is 208 g/mol. The summed E-state index contributed by atoms with van der Waals surface area (Å²) in [4.78, 5) is 10.7. The fourth-order valence-electron chi connectivity index (χ4n) is 0.995. The first-order valence-corrected chi connectivity index (χ1v) is 4.87. The predicted octanol–water partition coefficient (Wildman–Crippen LogP) is 1.16. The highest BCUT2D eigenvalue weighted by Gasteiger charge is 2.07. The van der Waals surface area contributed by atoms with E-state index in [2.05, 4.69) is 11.3 Å². The fraction of sp³-hybridized carbons (Fsp3) is 0.250. The summed E-state index contributed by atoms with van der Waals surface area (Å²) in [7, 11) is 0. The first kappa shape index (κ1) is 12.3. The smallest absolute Gasteiger partial charge is 0.330 e. The van der Waals surface area contributed by atoms with Crippen molar-refractivity contribution in [3.05, 3.63) is 43.0 Å². The maximum absolute atomic E-state index is 10.7. The first-order valence-electron chi connectivity index (χ1n) is 4.87. The minimum Gasteiger partial charge on any atom is -0.491 e. The number of carbonyl (C=O) groups excluding carboxylic acids is 1.